The zero-order valence-corrected chi connectivity index (χ0v) is 24.4. The van der Waals surface area contributed by atoms with Crippen LogP contribution in [0, 0.1) is 6.92 Å². The first-order chi connectivity index (χ1) is 19.2. The third-order valence-corrected chi connectivity index (χ3v) is 8.43. The standard InChI is InChI=1S/C31H45N7O2/c1-5-10-28(39)36-14-7-6-11-26(20-36)37-29-21(2)15-24(19-35-12-8-9-13-35)18-27(29)34-31(37)38(32)30(40)25-16-22(3)33-23(4)17-25/h5,10,15-18,22,26,31,33-34H,6-9,11-14,19-20,32H2,1-4H3/b10-5+/t22?,26-,31?/m1/s1. The van der Waals surface area contributed by atoms with Gasteiger partial charge in [-0.1, -0.05) is 12.1 Å². The summed E-state index contributed by atoms with van der Waals surface area (Å²) in [5, 5.41) is 8.29. The molecule has 0 aliphatic carbocycles. The molecule has 0 saturated carbocycles. The average molecular weight is 548 g/mol. The van der Waals surface area contributed by atoms with Gasteiger partial charge in [-0.25, -0.2) is 10.9 Å². The molecule has 40 heavy (non-hydrogen) atoms. The molecule has 1 aromatic rings. The number of hydrogen-bond acceptors (Lipinski definition) is 7. The fraction of sp³-hybridized carbons (Fsp3) is 0.548. The molecule has 1 aromatic carbocycles. The van der Waals surface area contributed by atoms with E-state index < -0.39 is 6.29 Å². The molecule has 0 bridgehead atoms. The second-order valence-corrected chi connectivity index (χ2v) is 11.7. The molecule has 0 radical (unpaired) electrons. The molecule has 4 aliphatic heterocycles. The zero-order chi connectivity index (χ0) is 28.4. The van der Waals surface area contributed by atoms with Crippen molar-refractivity contribution in [1.29, 1.82) is 0 Å². The van der Waals surface area contributed by atoms with Crippen molar-refractivity contribution in [2.75, 3.05) is 36.4 Å². The van der Waals surface area contributed by atoms with Crippen LogP contribution >= 0.6 is 0 Å². The van der Waals surface area contributed by atoms with Gasteiger partial charge in [-0.05, 0) is 108 Å². The number of benzene rings is 1. The van der Waals surface area contributed by atoms with Gasteiger partial charge in [0.1, 0.15) is 0 Å². The van der Waals surface area contributed by atoms with E-state index in [-0.39, 0.29) is 23.9 Å². The van der Waals surface area contributed by atoms with E-state index in [1.54, 1.807) is 12.2 Å². The summed E-state index contributed by atoms with van der Waals surface area (Å²) < 4.78 is 0. The molecule has 4 heterocycles. The SMILES string of the molecule is C/C=C/C(=O)N1CCCC[C@@H](N2c3c(C)cc(CN4CCCC4)cc3NC2N(N)C(=O)C2=CC(C)NC(C)=C2)C1. The second-order valence-electron chi connectivity index (χ2n) is 11.7. The summed E-state index contributed by atoms with van der Waals surface area (Å²) in [5.74, 6) is 6.52. The molecule has 216 valence electrons. The molecule has 0 spiro atoms. The van der Waals surface area contributed by atoms with E-state index >= 15 is 0 Å². The molecule has 2 saturated heterocycles. The number of hydrogen-bond donors (Lipinski definition) is 3. The van der Waals surface area contributed by atoms with Gasteiger partial charge in [-0.15, -0.1) is 0 Å². The molecule has 0 aromatic heterocycles. The maximum absolute atomic E-state index is 13.8. The molecule has 2 unspecified atom stereocenters. The maximum atomic E-state index is 13.8. The Morgan fingerprint density at radius 1 is 1.10 bits per heavy atom. The number of amides is 2. The topological polar surface area (TPSA) is 97.2 Å². The molecule has 3 atom stereocenters. The molecule has 2 amide bonds. The Morgan fingerprint density at radius 2 is 1.85 bits per heavy atom. The largest absolute Gasteiger partial charge is 0.383 e. The number of nitrogens with zero attached hydrogens (tertiary/aromatic N) is 4. The molecule has 9 nitrogen and oxygen atoms in total. The van der Waals surface area contributed by atoms with E-state index in [0.717, 1.165) is 68.1 Å². The van der Waals surface area contributed by atoms with Gasteiger partial charge in [-0.3, -0.25) is 14.5 Å². The Labute approximate surface area is 238 Å². The fourth-order valence-electron chi connectivity index (χ4n) is 6.70. The summed E-state index contributed by atoms with van der Waals surface area (Å²) in [6, 6.07) is 4.56. The Morgan fingerprint density at radius 3 is 2.58 bits per heavy atom. The van der Waals surface area contributed by atoms with Gasteiger partial charge in [0.25, 0.3) is 5.91 Å². The van der Waals surface area contributed by atoms with Gasteiger partial charge in [0, 0.05) is 36.9 Å². The number of carbonyl (C=O) groups is 2. The predicted octanol–water partition coefficient (Wildman–Crippen LogP) is 3.59. The highest BCUT2D eigenvalue weighted by molar-refractivity contribution is 5.97. The van der Waals surface area contributed by atoms with Gasteiger partial charge in [0.2, 0.25) is 5.91 Å². The monoisotopic (exact) mass is 547 g/mol. The van der Waals surface area contributed by atoms with Crippen molar-refractivity contribution in [2.24, 2.45) is 5.84 Å². The summed E-state index contributed by atoms with van der Waals surface area (Å²) in [6.07, 6.45) is 12.0. The smallest absolute Gasteiger partial charge is 0.271 e. The molecular weight excluding hydrogens is 502 g/mol. The number of likely N-dealkylation sites (tertiary alicyclic amines) is 2. The van der Waals surface area contributed by atoms with Crippen molar-refractivity contribution in [1.82, 2.24) is 20.1 Å². The number of carbonyl (C=O) groups excluding carboxylic acids is 2. The number of anilines is 2. The van der Waals surface area contributed by atoms with Crippen molar-refractivity contribution >= 4 is 23.2 Å². The van der Waals surface area contributed by atoms with Crippen LogP contribution in [0.25, 0.3) is 0 Å². The summed E-state index contributed by atoms with van der Waals surface area (Å²) >= 11 is 0. The minimum Gasteiger partial charge on any atom is -0.383 e. The van der Waals surface area contributed by atoms with Crippen molar-refractivity contribution in [2.45, 2.75) is 84.7 Å². The highest BCUT2D eigenvalue weighted by Crippen LogP contribution is 2.42. The molecule has 9 heteroatoms. The highest BCUT2D eigenvalue weighted by atomic mass is 16.2. The fourth-order valence-corrected chi connectivity index (χ4v) is 6.70. The number of rotatable bonds is 6. The summed E-state index contributed by atoms with van der Waals surface area (Å²) in [6.45, 7) is 12.5. The Hall–Kier alpha value is -3.30. The van der Waals surface area contributed by atoms with Crippen LogP contribution in [0.1, 0.15) is 64.0 Å². The average Bonchev–Trinajstić information content (AvgIpc) is 3.49. The van der Waals surface area contributed by atoms with Crippen LogP contribution in [0.15, 0.2) is 47.7 Å². The summed E-state index contributed by atoms with van der Waals surface area (Å²) in [5.41, 5.74) is 6.01. The maximum Gasteiger partial charge on any atom is 0.271 e. The third kappa shape index (κ3) is 5.90. The quantitative estimate of drug-likeness (QED) is 0.217. The first kappa shape index (κ1) is 28.2. The van der Waals surface area contributed by atoms with Gasteiger partial charge in [0.05, 0.1) is 17.4 Å². The molecule has 5 rings (SSSR count). The zero-order valence-electron chi connectivity index (χ0n) is 24.4. The lowest BCUT2D eigenvalue weighted by atomic mass is 10.0. The summed E-state index contributed by atoms with van der Waals surface area (Å²) in [4.78, 5) is 33.4. The number of allylic oxidation sites excluding steroid dienone is 2. The first-order valence-electron chi connectivity index (χ1n) is 14.8. The number of aryl methyl sites for hydroxylation is 1. The van der Waals surface area contributed by atoms with Gasteiger partial charge < -0.3 is 20.4 Å². The minimum atomic E-state index is -0.565. The number of dihydropyridines is 1. The van der Waals surface area contributed by atoms with Crippen LogP contribution in [0.3, 0.4) is 0 Å². The lowest BCUT2D eigenvalue weighted by Gasteiger charge is -2.40. The Kier molecular flexibility index (Phi) is 8.51. The molecule has 2 fully saturated rings. The predicted molar refractivity (Wildman–Crippen MR) is 160 cm³/mol. The Bertz CT molecular complexity index is 1220. The highest BCUT2D eigenvalue weighted by Gasteiger charge is 2.41. The second kappa shape index (κ2) is 12.1. The third-order valence-electron chi connectivity index (χ3n) is 8.43. The van der Waals surface area contributed by atoms with Crippen LogP contribution in [-0.2, 0) is 16.1 Å². The van der Waals surface area contributed by atoms with Gasteiger partial charge in [-0.2, -0.15) is 0 Å². The van der Waals surface area contributed by atoms with E-state index in [9.17, 15) is 9.59 Å². The normalized spacial score (nSPS) is 25.2. The Balaban J connectivity index is 1.49. The number of nitrogens with one attached hydrogen (secondary N) is 2. The van der Waals surface area contributed by atoms with E-state index in [2.05, 4.69) is 39.5 Å². The summed E-state index contributed by atoms with van der Waals surface area (Å²) in [7, 11) is 0. The van der Waals surface area contributed by atoms with Gasteiger partial charge in [0.15, 0.2) is 6.29 Å². The lowest BCUT2D eigenvalue weighted by molar-refractivity contribution is -0.129. The van der Waals surface area contributed by atoms with Crippen LogP contribution in [-0.4, -0.2) is 71.2 Å². The van der Waals surface area contributed by atoms with E-state index in [0.29, 0.717) is 12.1 Å². The van der Waals surface area contributed by atoms with E-state index in [4.69, 9.17) is 5.84 Å². The number of hydrazine groups is 1. The van der Waals surface area contributed by atoms with Crippen molar-refractivity contribution < 1.29 is 9.59 Å². The van der Waals surface area contributed by atoms with Gasteiger partial charge >= 0.3 is 0 Å². The molecular formula is C31H45N7O2. The first-order valence-corrected chi connectivity index (χ1v) is 14.8. The van der Waals surface area contributed by atoms with Crippen molar-refractivity contribution in [3.63, 3.8) is 0 Å². The number of fused-ring (bicyclic) bond motifs is 1. The van der Waals surface area contributed by atoms with E-state index in [1.165, 1.54) is 23.4 Å². The van der Waals surface area contributed by atoms with E-state index in [1.807, 2.05) is 37.8 Å². The molecule has 4 aliphatic rings. The van der Waals surface area contributed by atoms with Crippen LogP contribution in [0.5, 0.6) is 0 Å². The van der Waals surface area contributed by atoms with Crippen molar-refractivity contribution in [3.8, 4) is 0 Å². The minimum absolute atomic E-state index is 0.00985. The molecule has 4 N–H and O–H groups in total. The van der Waals surface area contributed by atoms with Crippen LogP contribution < -0.4 is 21.4 Å². The van der Waals surface area contributed by atoms with Crippen molar-refractivity contribution in [3.05, 3.63) is 58.8 Å². The lowest BCUT2D eigenvalue weighted by Crippen LogP contribution is -2.60. The number of nitrogens with two attached hydrogens (primary N) is 1. The van der Waals surface area contributed by atoms with Crippen LogP contribution in [0.4, 0.5) is 11.4 Å². The van der Waals surface area contributed by atoms with Crippen LogP contribution in [0.2, 0.25) is 0 Å².